The van der Waals surface area contributed by atoms with Crippen LogP contribution in [0, 0.1) is 0 Å². The van der Waals surface area contributed by atoms with Crippen molar-refractivity contribution in [2.75, 3.05) is 32.8 Å². The van der Waals surface area contributed by atoms with Gasteiger partial charge >= 0.3 is 0 Å². The third kappa shape index (κ3) is 3.85. The van der Waals surface area contributed by atoms with Gasteiger partial charge in [-0.15, -0.1) is 0 Å². The molecule has 2 heterocycles. The molecular formula is C21H24N4O3. The Hall–Kier alpha value is -2.90. The van der Waals surface area contributed by atoms with E-state index in [1.807, 2.05) is 53.0 Å². The molecule has 1 aromatic heterocycles. The van der Waals surface area contributed by atoms with E-state index in [9.17, 15) is 9.90 Å². The van der Waals surface area contributed by atoms with Crippen LogP contribution >= 0.6 is 0 Å². The summed E-state index contributed by atoms with van der Waals surface area (Å²) in [5.74, 6) is 0.730. The number of rotatable bonds is 6. The van der Waals surface area contributed by atoms with Gasteiger partial charge in [0.2, 0.25) is 5.91 Å². The number of aliphatic hydroxyl groups excluding tert-OH is 1. The number of fused-ring (bicyclic) bond motifs is 1. The zero-order valence-corrected chi connectivity index (χ0v) is 15.8. The third-order valence-electron chi connectivity index (χ3n) is 5.00. The maximum absolute atomic E-state index is 11.5. The number of β-amino-alcohol motifs (C(OH)–C–C–N with tert-alkyl or cyclic N) is 1. The summed E-state index contributed by atoms with van der Waals surface area (Å²) in [6.07, 6.45) is 1.12. The molecule has 0 aliphatic carbocycles. The molecule has 4 rings (SSSR count). The predicted molar refractivity (Wildman–Crippen MR) is 107 cm³/mol. The van der Waals surface area contributed by atoms with Crippen molar-refractivity contribution in [3.8, 4) is 17.0 Å². The lowest BCUT2D eigenvalue weighted by Crippen LogP contribution is -2.50. The van der Waals surface area contributed by atoms with Crippen LogP contribution in [-0.4, -0.2) is 64.6 Å². The van der Waals surface area contributed by atoms with E-state index >= 15 is 0 Å². The molecule has 0 saturated carbocycles. The lowest BCUT2D eigenvalue weighted by atomic mass is 10.0. The van der Waals surface area contributed by atoms with Crippen molar-refractivity contribution in [3.05, 3.63) is 48.7 Å². The van der Waals surface area contributed by atoms with Gasteiger partial charge in [0.1, 0.15) is 18.5 Å². The quantitative estimate of drug-likeness (QED) is 0.676. The number of hydrogen-bond acceptors (Lipinski definition) is 5. The summed E-state index contributed by atoms with van der Waals surface area (Å²) >= 11 is 0. The first-order valence-electron chi connectivity index (χ1n) is 9.42. The van der Waals surface area contributed by atoms with Gasteiger partial charge in [-0.25, -0.2) is 0 Å². The minimum absolute atomic E-state index is 0.00360. The van der Waals surface area contributed by atoms with E-state index in [0.717, 1.165) is 34.3 Å². The van der Waals surface area contributed by atoms with Gasteiger partial charge in [-0.3, -0.25) is 14.4 Å². The van der Waals surface area contributed by atoms with Crippen molar-refractivity contribution in [3.63, 3.8) is 0 Å². The molecular weight excluding hydrogens is 356 g/mol. The summed E-state index contributed by atoms with van der Waals surface area (Å²) < 4.78 is 7.80. The van der Waals surface area contributed by atoms with E-state index in [1.165, 1.54) is 0 Å². The van der Waals surface area contributed by atoms with Crippen LogP contribution in [0.4, 0.5) is 0 Å². The molecule has 0 bridgehead atoms. The second kappa shape index (κ2) is 8.00. The van der Waals surface area contributed by atoms with E-state index < -0.39 is 6.10 Å². The number of piperazine rings is 1. The van der Waals surface area contributed by atoms with E-state index in [-0.39, 0.29) is 12.5 Å². The molecule has 0 radical (unpaired) electrons. The topological polar surface area (TPSA) is 79.6 Å². The first-order valence-corrected chi connectivity index (χ1v) is 9.42. The van der Waals surface area contributed by atoms with Crippen LogP contribution < -0.4 is 10.1 Å². The Balaban J connectivity index is 1.50. The van der Waals surface area contributed by atoms with E-state index in [4.69, 9.17) is 4.74 Å². The molecule has 7 nitrogen and oxygen atoms in total. The first-order chi connectivity index (χ1) is 13.6. The van der Waals surface area contributed by atoms with Crippen molar-refractivity contribution in [1.82, 2.24) is 20.0 Å². The highest BCUT2D eigenvalue weighted by molar-refractivity contribution is 5.99. The normalized spacial score (nSPS) is 16.1. The summed E-state index contributed by atoms with van der Waals surface area (Å²) in [5.41, 5.74) is 2.12. The number of amides is 1. The first kappa shape index (κ1) is 18.5. The van der Waals surface area contributed by atoms with Gasteiger partial charge < -0.3 is 15.2 Å². The van der Waals surface area contributed by atoms with E-state index in [0.29, 0.717) is 19.6 Å². The van der Waals surface area contributed by atoms with Gasteiger partial charge in [0.05, 0.1) is 12.2 Å². The van der Waals surface area contributed by atoms with Crippen LogP contribution in [0.5, 0.6) is 5.75 Å². The number of nitrogens with zero attached hydrogens (tertiary/aromatic N) is 3. The Morgan fingerprint density at radius 2 is 2.04 bits per heavy atom. The van der Waals surface area contributed by atoms with E-state index in [1.54, 1.807) is 6.20 Å². The molecule has 28 heavy (non-hydrogen) atoms. The average molecular weight is 380 g/mol. The number of ether oxygens (including phenoxy) is 1. The van der Waals surface area contributed by atoms with E-state index in [2.05, 4.69) is 16.5 Å². The monoisotopic (exact) mass is 380 g/mol. The molecule has 1 atom stereocenters. The molecule has 146 valence electrons. The molecule has 1 amide bonds. The minimum Gasteiger partial charge on any atom is -0.490 e. The molecule has 1 saturated heterocycles. The Labute approximate surface area is 163 Å². The van der Waals surface area contributed by atoms with Gasteiger partial charge in [0.15, 0.2) is 0 Å². The SMILES string of the molecule is Cn1nccc1-c1ccc(OCC(O)CN2CCNC(=O)C2)c2ccccc12. The number of benzene rings is 2. The molecule has 0 spiro atoms. The predicted octanol–water partition coefficient (Wildman–Crippen LogP) is 1.41. The number of aryl methyl sites for hydroxylation is 1. The molecule has 1 aliphatic heterocycles. The second-order valence-electron chi connectivity index (χ2n) is 7.05. The summed E-state index contributed by atoms with van der Waals surface area (Å²) in [5, 5.41) is 19.5. The molecule has 7 heteroatoms. The van der Waals surface area contributed by atoms with Gasteiger partial charge in [0.25, 0.3) is 0 Å². The Morgan fingerprint density at radius 1 is 1.21 bits per heavy atom. The largest absolute Gasteiger partial charge is 0.490 e. The summed E-state index contributed by atoms with van der Waals surface area (Å²) in [7, 11) is 1.92. The van der Waals surface area contributed by atoms with Gasteiger partial charge in [-0.05, 0) is 23.6 Å². The second-order valence-corrected chi connectivity index (χ2v) is 7.05. The smallest absolute Gasteiger partial charge is 0.234 e. The minimum atomic E-state index is -0.665. The Kier molecular flexibility index (Phi) is 5.27. The van der Waals surface area contributed by atoms with Gasteiger partial charge in [-0.2, -0.15) is 5.10 Å². The zero-order valence-electron chi connectivity index (χ0n) is 15.8. The van der Waals surface area contributed by atoms with Crippen LogP contribution in [0.1, 0.15) is 0 Å². The average Bonchev–Trinajstić information content (AvgIpc) is 3.12. The van der Waals surface area contributed by atoms with Gasteiger partial charge in [0, 0.05) is 43.8 Å². The fraction of sp³-hybridized carbons (Fsp3) is 0.333. The highest BCUT2D eigenvalue weighted by Gasteiger charge is 2.19. The highest BCUT2D eigenvalue weighted by atomic mass is 16.5. The molecule has 2 N–H and O–H groups in total. The van der Waals surface area contributed by atoms with Crippen LogP contribution in [0.25, 0.3) is 22.0 Å². The molecule has 1 aliphatic rings. The molecule has 1 unspecified atom stereocenters. The highest BCUT2D eigenvalue weighted by Crippen LogP contribution is 2.34. The van der Waals surface area contributed by atoms with Crippen LogP contribution in [0.15, 0.2) is 48.7 Å². The van der Waals surface area contributed by atoms with Crippen molar-refractivity contribution in [2.24, 2.45) is 7.05 Å². The Bertz CT molecular complexity index is 985. The summed E-state index contributed by atoms with van der Waals surface area (Å²) in [6, 6.07) is 14.0. The van der Waals surface area contributed by atoms with Crippen molar-refractivity contribution < 1.29 is 14.6 Å². The molecule has 1 fully saturated rings. The fourth-order valence-corrected chi connectivity index (χ4v) is 3.64. The standard InChI is InChI=1S/C21H24N4O3/c1-24-19(8-9-23-24)17-6-7-20(18-5-3-2-4-16(17)18)28-14-15(26)12-25-11-10-22-21(27)13-25/h2-9,15,26H,10-14H2,1H3,(H,22,27). The molecule has 3 aromatic rings. The summed E-state index contributed by atoms with van der Waals surface area (Å²) in [6.45, 7) is 2.27. The van der Waals surface area contributed by atoms with Crippen LogP contribution in [-0.2, 0) is 11.8 Å². The molecule has 2 aromatic carbocycles. The Morgan fingerprint density at radius 3 is 2.79 bits per heavy atom. The number of aromatic nitrogens is 2. The lowest BCUT2D eigenvalue weighted by molar-refractivity contribution is -0.124. The summed E-state index contributed by atoms with van der Waals surface area (Å²) in [4.78, 5) is 13.4. The number of carbonyl (C=O) groups excluding carboxylic acids is 1. The van der Waals surface area contributed by atoms with Gasteiger partial charge in [-0.1, -0.05) is 24.3 Å². The third-order valence-corrected chi connectivity index (χ3v) is 5.00. The maximum atomic E-state index is 11.5. The van der Waals surface area contributed by atoms with Crippen LogP contribution in [0.2, 0.25) is 0 Å². The number of carbonyl (C=O) groups is 1. The number of hydrogen-bond donors (Lipinski definition) is 2. The fourth-order valence-electron chi connectivity index (χ4n) is 3.64. The number of aliphatic hydroxyl groups is 1. The van der Waals surface area contributed by atoms with Crippen molar-refractivity contribution in [2.45, 2.75) is 6.10 Å². The lowest BCUT2D eigenvalue weighted by Gasteiger charge is -2.28. The van der Waals surface area contributed by atoms with Crippen molar-refractivity contribution in [1.29, 1.82) is 0 Å². The zero-order chi connectivity index (χ0) is 19.5. The van der Waals surface area contributed by atoms with Crippen molar-refractivity contribution >= 4 is 16.7 Å². The number of nitrogens with one attached hydrogen (secondary N) is 1. The maximum Gasteiger partial charge on any atom is 0.234 e. The van der Waals surface area contributed by atoms with Crippen LogP contribution in [0.3, 0.4) is 0 Å².